The first-order chi connectivity index (χ1) is 10.3. The van der Waals surface area contributed by atoms with Crippen LogP contribution >= 0.6 is 0 Å². The van der Waals surface area contributed by atoms with Gasteiger partial charge in [0.15, 0.2) is 0 Å². The summed E-state index contributed by atoms with van der Waals surface area (Å²) >= 11 is 0. The Kier molecular flexibility index (Phi) is 6.34. The van der Waals surface area contributed by atoms with Gasteiger partial charge in [-0.05, 0) is 57.6 Å². The number of hydrogen-bond acceptors (Lipinski definition) is 3. The highest BCUT2D eigenvalue weighted by Gasteiger charge is 2.20. The predicted molar refractivity (Wildman–Crippen MR) is 92.1 cm³/mol. The Morgan fingerprint density at radius 1 is 1.10 bits per heavy atom. The summed E-state index contributed by atoms with van der Waals surface area (Å²) in [5.74, 6) is 2.05. The summed E-state index contributed by atoms with van der Waals surface area (Å²) in [6, 6.07) is 4.95. The van der Waals surface area contributed by atoms with E-state index in [9.17, 15) is 0 Å². The van der Waals surface area contributed by atoms with E-state index in [0.29, 0.717) is 6.04 Å². The van der Waals surface area contributed by atoms with Gasteiger partial charge in [0.25, 0.3) is 0 Å². The third-order valence-electron chi connectivity index (χ3n) is 4.75. The molecule has 0 spiro atoms. The monoisotopic (exact) mass is 289 g/mol. The molecule has 21 heavy (non-hydrogen) atoms. The zero-order valence-corrected chi connectivity index (χ0v) is 13.9. The minimum Gasteiger partial charge on any atom is -0.381 e. The molecule has 0 unspecified atom stereocenters. The van der Waals surface area contributed by atoms with E-state index in [-0.39, 0.29) is 0 Å². The molecule has 1 fully saturated rings. The lowest BCUT2D eigenvalue weighted by atomic mass is 9.83. The molecule has 1 aromatic heterocycles. The summed E-state index contributed by atoms with van der Waals surface area (Å²) in [7, 11) is 0. The number of anilines is 2. The molecule has 0 radical (unpaired) electrons. The Bertz CT molecular complexity index is 389. The van der Waals surface area contributed by atoms with Crippen molar-refractivity contribution in [2.24, 2.45) is 5.92 Å². The van der Waals surface area contributed by atoms with Crippen LogP contribution in [0.25, 0.3) is 0 Å². The molecule has 1 heterocycles. The van der Waals surface area contributed by atoms with Gasteiger partial charge in [-0.1, -0.05) is 19.8 Å². The first-order valence-corrected chi connectivity index (χ1v) is 8.74. The summed E-state index contributed by atoms with van der Waals surface area (Å²) in [6.45, 7) is 8.67. The van der Waals surface area contributed by atoms with Crippen molar-refractivity contribution >= 4 is 11.5 Å². The van der Waals surface area contributed by atoms with E-state index in [0.717, 1.165) is 24.8 Å². The molecule has 2 rings (SSSR count). The highest BCUT2D eigenvalue weighted by atomic mass is 15.2. The van der Waals surface area contributed by atoms with Crippen LogP contribution in [-0.4, -0.2) is 24.1 Å². The summed E-state index contributed by atoms with van der Waals surface area (Å²) in [5.41, 5.74) is 1.17. The molecule has 0 saturated heterocycles. The lowest BCUT2D eigenvalue weighted by molar-refractivity contribution is 0.319. The Morgan fingerprint density at radius 3 is 2.33 bits per heavy atom. The number of nitrogens with one attached hydrogen (secondary N) is 1. The minimum atomic E-state index is 0.638. The van der Waals surface area contributed by atoms with Crippen LogP contribution in [0.4, 0.5) is 11.5 Å². The third-order valence-corrected chi connectivity index (χ3v) is 4.75. The molecule has 0 atom stereocenters. The Morgan fingerprint density at radius 2 is 1.81 bits per heavy atom. The number of aromatic nitrogens is 1. The Balaban J connectivity index is 1.84. The molecule has 1 aliphatic carbocycles. The average Bonchev–Trinajstić information content (AvgIpc) is 2.52. The molecule has 1 aliphatic rings. The molecule has 1 saturated carbocycles. The highest BCUT2D eigenvalue weighted by molar-refractivity contribution is 5.49. The number of nitrogens with zero attached hydrogens (tertiary/aromatic N) is 2. The third kappa shape index (κ3) is 4.62. The summed E-state index contributed by atoms with van der Waals surface area (Å²) < 4.78 is 0. The van der Waals surface area contributed by atoms with Gasteiger partial charge in [-0.25, -0.2) is 4.98 Å². The molecule has 0 aliphatic heterocycles. The van der Waals surface area contributed by atoms with Gasteiger partial charge in [0.2, 0.25) is 0 Å². The van der Waals surface area contributed by atoms with E-state index in [4.69, 9.17) is 0 Å². The van der Waals surface area contributed by atoms with Crippen LogP contribution in [0.2, 0.25) is 0 Å². The highest BCUT2D eigenvalue weighted by Crippen LogP contribution is 2.29. The van der Waals surface area contributed by atoms with Crippen LogP contribution in [0.5, 0.6) is 0 Å². The van der Waals surface area contributed by atoms with E-state index in [2.05, 4.69) is 48.1 Å². The van der Waals surface area contributed by atoms with E-state index < -0.39 is 0 Å². The molecule has 1 N–H and O–H groups in total. The van der Waals surface area contributed by atoms with Gasteiger partial charge in [-0.3, -0.25) is 0 Å². The second-order valence-corrected chi connectivity index (χ2v) is 6.23. The van der Waals surface area contributed by atoms with Gasteiger partial charge >= 0.3 is 0 Å². The molecule has 118 valence electrons. The van der Waals surface area contributed by atoms with Crippen molar-refractivity contribution in [2.75, 3.05) is 23.3 Å². The first kappa shape index (κ1) is 16.1. The molecule has 3 nitrogen and oxygen atoms in total. The lowest BCUT2D eigenvalue weighted by Gasteiger charge is -2.29. The fourth-order valence-corrected chi connectivity index (χ4v) is 3.45. The van der Waals surface area contributed by atoms with Crippen molar-refractivity contribution in [1.82, 2.24) is 4.98 Å². The maximum Gasteiger partial charge on any atom is 0.128 e. The Labute approximate surface area is 130 Å². The van der Waals surface area contributed by atoms with Gasteiger partial charge in [0, 0.05) is 19.1 Å². The van der Waals surface area contributed by atoms with Crippen molar-refractivity contribution in [3.05, 3.63) is 18.3 Å². The van der Waals surface area contributed by atoms with Gasteiger partial charge in [-0.15, -0.1) is 0 Å². The smallest absolute Gasteiger partial charge is 0.128 e. The fourth-order valence-electron chi connectivity index (χ4n) is 3.45. The van der Waals surface area contributed by atoms with Crippen molar-refractivity contribution in [2.45, 2.75) is 65.3 Å². The van der Waals surface area contributed by atoms with Crippen LogP contribution in [0.3, 0.4) is 0 Å². The predicted octanol–water partition coefficient (Wildman–Crippen LogP) is 4.70. The van der Waals surface area contributed by atoms with Crippen LogP contribution in [0.1, 0.15) is 59.3 Å². The maximum atomic E-state index is 4.59. The standard InChI is InChI=1S/C18H31N3/c1-4-7-15-8-10-16(11-9-15)20-17-12-13-18(19-14-17)21(5-2)6-3/h12-16,20H,4-11H2,1-3H3. The van der Waals surface area contributed by atoms with Gasteiger partial charge in [0.1, 0.15) is 5.82 Å². The first-order valence-electron chi connectivity index (χ1n) is 8.74. The number of pyridine rings is 1. The minimum absolute atomic E-state index is 0.638. The molecule has 3 heteroatoms. The van der Waals surface area contributed by atoms with E-state index in [1.54, 1.807) is 0 Å². The van der Waals surface area contributed by atoms with E-state index in [1.807, 2.05) is 6.20 Å². The average molecular weight is 289 g/mol. The number of rotatable bonds is 7. The Hall–Kier alpha value is -1.25. The van der Waals surface area contributed by atoms with Crippen LogP contribution in [-0.2, 0) is 0 Å². The zero-order valence-electron chi connectivity index (χ0n) is 13.9. The van der Waals surface area contributed by atoms with Crippen molar-refractivity contribution in [3.8, 4) is 0 Å². The molecule has 0 aromatic carbocycles. The van der Waals surface area contributed by atoms with Crippen molar-refractivity contribution in [1.29, 1.82) is 0 Å². The van der Waals surface area contributed by atoms with E-state index in [1.165, 1.54) is 44.2 Å². The summed E-state index contributed by atoms with van der Waals surface area (Å²) in [5, 5.41) is 3.66. The topological polar surface area (TPSA) is 28.2 Å². The SMILES string of the molecule is CCCC1CCC(Nc2ccc(N(CC)CC)nc2)CC1. The van der Waals surface area contributed by atoms with Crippen LogP contribution in [0.15, 0.2) is 18.3 Å². The molecule has 0 amide bonds. The molecular weight excluding hydrogens is 258 g/mol. The fraction of sp³-hybridized carbons (Fsp3) is 0.722. The van der Waals surface area contributed by atoms with Crippen molar-refractivity contribution in [3.63, 3.8) is 0 Å². The lowest BCUT2D eigenvalue weighted by Crippen LogP contribution is -2.26. The largest absolute Gasteiger partial charge is 0.381 e. The van der Waals surface area contributed by atoms with Crippen molar-refractivity contribution < 1.29 is 0 Å². The molecule has 1 aromatic rings. The van der Waals surface area contributed by atoms with Gasteiger partial charge < -0.3 is 10.2 Å². The van der Waals surface area contributed by atoms with Crippen LogP contribution < -0.4 is 10.2 Å². The quantitative estimate of drug-likeness (QED) is 0.788. The van der Waals surface area contributed by atoms with Gasteiger partial charge in [-0.2, -0.15) is 0 Å². The summed E-state index contributed by atoms with van der Waals surface area (Å²) in [6.07, 6.45) is 10.1. The second-order valence-electron chi connectivity index (χ2n) is 6.23. The number of hydrogen-bond donors (Lipinski definition) is 1. The molecular formula is C18H31N3. The zero-order chi connectivity index (χ0) is 15.1. The molecule has 0 bridgehead atoms. The van der Waals surface area contributed by atoms with Crippen LogP contribution in [0, 0.1) is 5.92 Å². The van der Waals surface area contributed by atoms with E-state index >= 15 is 0 Å². The normalized spacial score (nSPS) is 22.0. The second kappa shape index (κ2) is 8.26. The summed E-state index contributed by atoms with van der Waals surface area (Å²) in [4.78, 5) is 6.87. The maximum absolute atomic E-state index is 4.59. The van der Waals surface area contributed by atoms with Gasteiger partial charge in [0.05, 0.1) is 11.9 Å².